The molecule has 2 aromatic carbocycles. The molecule has 3 amide bonds. The maximum absolute atomic E-state index is 14.9. The van der Waals surface area contributed by atoms with Gasteiger partial charge in [0.25, 0.3) is 5.91 Å². The van der Waals surface area contributed by atoms with Crippen molar-refractivity contribution in [2.24, 2.45) is 0 Å². The molecule has 0 saturated carbocycles. The van der Waals surface area contributed by atoms with Crippen LogP contribution in [-0.2, 0) is 34.0 Å². The van der Waals surface area contributed by atoms with E-state index in [0.717, 1.165) is 18.7 Å². The highest BCUT2D eigenvalue weighted by atomic mass is 19.1. The fourth-order valence-electron chi connectivity index (χ4n) is 5.20. The van der Waals surface area contributed by atoms with E-state index in [1.165, 1.54) is 18.8 Å². The number of phenolic OH excluding ortho intramolecular Hbond substituents is 2. The molecule has 0 spiro atoms. The van der Waals surface area contributed by atoms with Crippen LogP contribution in [0.3, 0.4) is 0 Å². The molecule has 2 saturated heterocycles. The second-order valence-corrected chi connectivity index (χ2v) is 9.62. The highest BCUT2D eigenvalue weighted by Crippen LogP contribution is 2.41. The van der Waals surface area contributed by atoms with Crippen LogP contribution < -0.4 is 16.1 Å². The maximum Gasteiger partial charge on any atom is 0.254 e. The molecular formula is C25H28BFN4O6. The van der Waals surface area contributed by atoms with Crippen LogP contribution in [0.5, 0.6) is 11.5 Å². The number of imide groups is 1. The Kier molecular flexibility index (Phi) is 6.78. The van der Waals surface area contributed by atoms with E-state index in [9.17, 15) is 29.0 Å². The standard InChI is InChI=1S/C25H28BFN4O6/c26-20-19-15(12-31(25(19)36)17-3-4-18(32)29-24(17)35)21(23(34)22(20)33)28-10-14-2-1-13(9-16(14)27)11-30-5-7-37-8-6-30/h1-2,9,17,28,33-34H,3-8,10-12,26H2,(H,29,32,35). The second-order valence-electron chi connectivity index (χ2n) is 9.62. The van der Waals surface area contributed by atoms with Gasteiger partial charge in [-0.25, -0.2) is 4.39 Å². The SMILES string of the molecule is Bc1c(O)c(O)c(NCc2ccc(CN3CCOCC3)cc2F)c2c1C(=O)N(C1CCC(=O)NC1=O)C2. The van der Waals surface area contributed by atoms with E-state index >= 15 is 0 Å². The van der Waals surface area contributed by atoms with Crippen molar-refractivity contribution in [1.29, 1.82) is 0 Å². The van der Waals surface area contributed by atoms with E-state index in [2.05, 4.69) is 15.5 Å². The van der Waals surface area contributed by atoms with E-state index in [1.807, 2.05) is 6.07 Å². The van der Waals surface area contributed by atoms with Gasteiger partial charge in [-0.1, -0.05) is 12.1 Å². The number of piperidine rings is 1. The number of rotatable bonds is 6. The van der Waals surface area contributed by atoms with Crippen LogP contribution in [0.1, 0.15) is 39.9 Å². The number of anilines is 1. The first kappa shape index (κ1) is 25.0. The topological polar surface area (TPSA) is 131 Å². The van der Waals surface area contributed by atoms with Gasteiger partial charge in [-0.2, -0.15) is 0 Å². The van der Waals surface area contributed by atoms with Crippen LogP contribution in [0.25, 0.3) is 0 Å². The second kappa shape index (κ2) is 10.0. The molecule has 2 fully saturated rings. The molecular weight excluding hydrogens is 482 g/mol. The Morgan fingerprint density at radius 1 is 1.16 bits per heavy atom. The summed E-state index contributed by atoms with van der Waals surface area (Å²) >= 11 is 0. The van der Waals surface area contributed by atoms with E-state index in [1.54, 1.807) is 6.07 Å². The number of ether oxygens (including phenoxy) is 1. The Labute approximate surface area is 213 Å². The van der Waals surface area contributed by atoms with Crippen molar-refractivity contribution in [3.05, 3.63) is 46.3 Å². The molecule has 1 atom stereocenters. The van der Waals surface area contributed by atoms with Gasteiger partial charge in [0.15, 0.2) is 11.5 Å². The molecule has 3 aliphatic rings. The third-order valence-corrected chi connectivity index (χ3v) is 7.27. The summed E-state index contributed by atoms with van der Waals surface area (Å²) in [6.07, 6.45) is 0.296. The van der Waals surface area contributed by atoms with Gasteiger partial charge < -0.3 is 25.2 Å². The molecule has 0 radical (unpaired) electrons. The lowest BCUT2D eigenvalue weighted by Gasteiger charge is -2.29. The number of hydrogen-bond donors (Lipinski definition) is 4. The van der Waals surface area contributed by atoms with Gasteiger partial charge >= 0.3 is 0 Å². The molecule has 4 N–H and O–H groups in total. The fraction of sp³-hybridized carbons (Fsp3) is 0.400. The normalized spacial score (nSPS) is 20.2. The molecule has 0 bridgehead atoms. The monoisotopic (exact) mass is 510 g/mol. The fourth-order valence-corrected chi connectivity index (χ4v) is 5.20. The summed E-state index contributed by atoms with van der Waals surface area (Å²) in [6, 6.07) is 4.16. The number of halogens is 1. The molecule has 3 heterocycles. The van der Waals surface area contributed by atoms with Gasteiger partial charge in [0.2, 0.25) is 11.8 Å². The summed E-state index contributed by atoms with van der Waals surface area (Å²) in [6.45, 7) is 3.52. The predicted octanol–water partition coefficient (Wildman–Crippen LogP) is -0.299. The van der Waals surface area contributed by atoms with E-state index in [-0.39, 0.29) is 42.6 Å². The van der Waals surface area contributed by atoms with Gasteiger partial charge in [0.1, 0.15) is 19.7 Å². The minimum atomic E-state index is -0.842. The highest BCUT2D eigenvalue weighted by molar-refractivity contribution is 6.39. The number of amides is 3. The molecule has 194 valence electrons. The van der Waals surface area contributed by atoms with E-state index in [0.29, 0.717) is 30.9 Å². The molecule has 0 aromatic heterocycles. The number of hydrogen-bond acceptors (Lipinski definition) is 8. The smallest absolute Gasteiger partial charge is 0.254 e. The van der Waals surface area contributed by atoms with Crippen LogP contribution >= 0.6 is 0 Å². The lowest BCUT2D eigenvalue weighted by molar-refractivity contribution is -0.136. The number of carbonyl (C=O) groups is 3. The molecule has 1 unspecified atom stereocenters. The summed E-state index contributed by atoms with van der Waals surface area (Å²) in [5, 5.41) is 26.5. The van der Waals surface area contributed by atoms with Gasteiger partial charge in [-0.05, 0) is 23.5 Å². The molecule has 10 nitrogen and oxygen atoms in total. The van der Waals surface area contributed by atoms with Crippen LogP contribution in [0.15, 0.2) is 18.2 Å². The van der Waals surface area contributed by atoms with Crippen molar-refractivity contribution in [2.45, 2.75) is 38.5 Å². The van der Waals surface area contributed by atoms with Crippen molar-refractivity contribution in [3.8, 4) is 11.5 Å². The predicted molar refractivity (Wildman–Crippen MR) is 134 cm³/mol. The van der Waals surface area contributed by atoms with E-state index < -0.39 is 41.1 Å². The number of nitrogens with one attached hydrogen (secondary N) is 2. The lowest BCUT2D eigenvalue weighted by Crippen LogP contribution is -2.52. The number of carbonyl (C=O) groups excluding carboxylic acids is 3. The summed E-state index contributed by atoms with van der Waals surface area (Å²) < 4.78 is 20.3. The van der Waals surface area contributed by atoms with Crippen molar-refractivity contribution >= 4 is 36.7 Å². The zero-order valence-corrected chi connectivity index (χ0v) is 20.5. The average molecular weight is 510 g/mol. The van der Waals surface area contributed by atoms with Crippen LogP contribution in [0, 0.1) is 5.82 Å². The summed E-state index contributed by atoms with van der Waals surface area (Å²) in [7, 11) is 1.51. The van der Waals surface area contributed by atoms with Crippen molar-refractivity contribution in [1.82, 2.24) is 15.1 Å². The summed E-state index contributed by atoms with van der Waals surface area (Å²) in [4.78, 5) is 40.7. The van der Waals surface area contributed by atoms with Crippen LogP contribution in [0.2, 0.25) is 0 Å². The van der Waals surface area contributed by atoms with Gasteiger partial charge in [0, 0.05) is 55.8 Å². The Morgan fingerprint density at radius 3 is 2.62 bits per heavy atom. The largest absolute Gasteiger partial charge is 0.505 e. The molecule has 12 heteroatoms. The Bertz CT molecular complexity index is 1280. The Morgan fingerprint density at radius 2 is 1.92 bits per heavy atom. The first-order valence-electron chi connectivity index (χ1n) is 12.3. The molecule has 3 aliphatic heterocycles. The summed E-state index contributed by atoms with van der Waals surface area (Å²) in [5.41, 5.74) is 2.08. The molecule has 2 aromatic rings. The summed E-state index contributed by atoms with van der Waals surface area (Å²) in [5.74, 6) is -2.74. The van der Waals surface area contributed by atoms with Crippen molar-refractivity contribution in [3.63, 3.8) is 0 Å². The van der Waals surface area contributed by atoms with Gasteiger partial charge in [-0.3, -0.25) is 24.6 Å². The van der Waals surface area contributed by atoms with Gasteiger partial charge in [-0.15, -0.1) is 0 Å². The van der Waals surface area contributed by atoms with E-state index in [4.69, 9.17) is 4.74 Å². The number of aromatic hydroxyl groups is 2. The zero-order valence-electron chi connectivity index (χ0n) is 20.5. The zero-order chi connectivity index (χ0) is 26.3. The first-order valence-corrected chi connectivity index (χ1v) is 12.3. The molecule has 37 heavy (non-hydrogen) atoms. The molecule has 0 aliphatic carbocycles. The number of morpholine rings is 1. The minimum absolute atomic E-state index is 0.00121. The third-order valence-electron chi connectivity index (χ3n) is 7.27. The lowest BCUT2D eigenvalue weighted by atomic mass is 9.86. The first-order chi connectivity index (χ1) is 17.7. The number of phenols is 2. The molecule has 5 rings (SSSR count). The van der Waals surface area contributed by atoms with Crippen LogP contribution in [0.4, 0.5) is 10.1 Å². The maximum atomic E-state index is 14.9. The minimum Gasteiger partial charge on any atom is -0.505 e. The number of benzene rings is 2. The number of nitrogens with zero attached hydrogens (tertiary/aromatic N) is 2. The number of fused-ring (bicyclic) bond motifs is 1. The quantitative estimate of drug-likeness (QED) is 0.237. The van der Waals surface area contributed by atoms with Crippen molar-refractivity contribution < 1.29 is 33.7 Å². The van der Waals surface area contributed by atoms with Crippen molar-refractivity contribution in [2.75, 3.05) is 31.6 Å². The Hall–Kier alpha value is -3.64. The third kappa shape index (κ3) is 4.74. The highest BCUT2D eigenvalue weighted by Gasteiger charge is 2.42. The average Bonchev–Trinajstić information content (AvgIpc) is 3.21. The Balaban J connectivity index is 1.36. The van der Waals surface area contributed by atoms with Gasteiger partial charge in [0.05, 0.1) is 18.9 Å². The van der Waals surface area contributed by atoms with Crippen LogP contribution in [-0.4, -0.2) is 77.9 Å².